The number of hydrogen-bond donors (Lipinski definition) is 1. The maximum absolute atomic E-state index is 9.17. The Labute approximate surface area is 86.6 Å². The molecule has 1 atom stereocenters. The summed E-state index contributed by atoms with van der Waals surface area (Å²) in [5, 5.41) is 9.17. The van der Waals surface area contributed by atoms with E-state index in [1.54, 1.807) is 12.1 Å². The molecule has 76 valence electrons. The monoisotopic (exact) mass is 210 g/mol. The van der Waals surface area contributed by atoms with Crippen LogP contribution >= 0.6 is 9.39 Å². The largest absolute Gasteiger partial charge is 0.508 e. The lowest BCUT2D eigenvalue weighted by molar-refractivity contribution is 0.428. The van der Waals surface area contributed by atoms with Gasteiger partial charge in [0.05, 0.1) is 0 Å². The fourth-order valence-corrected chi connectivity index (χ4v) is 1.87. The topological polar surface area (TPSA) is 26.7 Å². The van der Waals surface area contributed by atoms with Gasteiger partial charge in [0.2, 0.25) is 0 Å². The van der Waals surface area contributed by atoms with E-state index in [0.717, 1.165) is 26.2 Å². The first-order chi connectivity index (χ1) is 6.75. The lowest BCUT2D eigenvalue weighted by Crippen LogP contribution is -2.42. The van der Waals surface area contributed by atoms with Crippen LogP contribution in [0.15, 0.2) is 24.3 Å². The molecule has 2 rings (SSSR count). The summed E-state index contributed by atoms with van der Waals surface area (Å²) in [5.74, 6) is 0.332. The molecule has 4 heteroatoms. The highest BCUT2D eigenvalue weighted by molar-refractivity contribution is 7.13. The SMILES string of the molecule is Oc1ccc(N2CCN(P)CC2)cc1. The average Bonchev–Trinajstić information content (AvgIpc) is 2.21. The second-order valence-electron chi connectivity index (χ2n) is 3.54. The summed E-state index contributed by atoms with van der Waals surface area (Å²) < 4.78 is 2.25. The minimum absolute atomic E-state index is 0.332. The van der Waals surface area contributed by atoms with Crippen LogP contribution in [0.4, 0.5) is 5.69 Å². The predicted molar refractivity (Wildman–Crippen MR) is 61.6 cm³/mol. The van der Waals surface area contributed by atoms with Crippen LogP contribution in [0.5, 0.6) is 5.75 Å². The molecule has 1 aromatic rings. The minimum atomic E-state index is 0.332. The van der Waals surface area contributed by atoms with E-state index in [-0.39, 0.29) is 0 Å². The van der Waals surface area contributed by atoms with Gasteiger partial charge in [-0.15, -0.1) is 0 Å². The van der Waals surface area contributed by atoms with Crippen molar-refractivity contribution in [3.05, 3.63) is 24.3 Å². The Kier molecular flexibility index (Phi) is 2.90. The van der Waals surface area contributed by atoms with Crippen LogP contribution in [0.1, 0.15) is 0 Å². The maximum Gasteiger partial charge on any atom is 0.115 e. The zero-order chi connectivity index (χ0) is 9.97. The molecule has 0 spiro atoms. The number of phenolic OH excluding ortho intramolecular Hbond substituents is 1. The molecule has 0 bridgehead atoms. The first-order valence-corrected chi connectivity index (χ1v) is 5.31. The van der Waals surface area contributed by atoms with Crippen molar-refractivity contribution in [1.82, 2.24) is 4.67 Å². The summed E-state index contributed by atoms with van der Waals surface area (Å²) in [6.07, 6.45) is 0. The molecule has 1 saturated heterocycles. The van der Waals surface area contributed by atoms with E-state index in [9.17, 15) is 0 Å². The Balaban J connectivity index is 2.05. The standard InChI is InChI=1S/C10H15N2OP/c13-10-3-1-9(2-4-10)11-5-7-12(14)8-6-11/h1-4,13H,5-8,14H2. The van der Waals surface area contributed by atoms with Crippen LogP contribution in [0.3, 0.4) is 0 Å². The van der Waals surface area contributed by atoms with Crippen molar-refractivity contribution in [1.29, 1.82) is 0 Å². The maximum atomic E-state index is 9.17. The third-order valence-electron chi connectivity index (χ3n) is 2.53. The predicted octanol–water partition coefficient (Wildman–Crippen LogP) is 1.30. The van der Waals surface area contributed by atoms with Gasteiger partial charge in [-0.2, -0.15) is 0 Å². The van der Waals surface area contributed by atoms with Crippen LogP contribution < -0.4 is 4.90 Å². The Hall–Kier alpha value is -0.790. The molecule has 1 aromatic carbocycles. The Morgan fingerprint density at radius 2 is 1.57 bits per heavy atom. The van der Waals surface area contributed by atoms with Gasteiger partial charge < -0.3 is 10.0 Å². The zero-order valence-corrected chi connectivity index (χ0v) is 9.21. The smallest absolute Gasteiger partial charge is 0.115 e. The molecule has 0 aromatic heterocycles. The van der Waals surface area contributed by atoms with Crippen LogP contribution in [0, 0.1) is 0 Å². The number of benzene rings is 1. The Morgan fingerprint density at radius 1 is 1.00 bits per heavy atom. The van der Waals surface area contributed by atoms with E-state index < -0.39 is 0 Å². The number of anilines is 1. The molecular weight excluding hydrogens is 195 g/mol. The molecule has 1 unspecified atom stereocenters. The van der Waals surface area contributed by atoms with Gasteiger partial charge in [0.15, 0.2) is 0 Å². The number of rotatable bonds is 1. The molecular formula is C10H15N2OP. The second-order valence-corrected chi connectivity index (χ2v) is 4.27. The third kappa shape index (κ3) is 2.17. The number of hydrogen-bond acceptors (Lipinski definition) is 3. The van der Waals surface area contributed by atoms with E-state index in [1.165, 1.54) is 5.69 Å². The fourth-order valence-electron chi connectivity index (χ4n) is 1.64. The summed E-state index contributed by atoms with van der Waals surface area (Å²) in [4.78, 5) is 2.33. The van der Waals surface area contributed by atoms with Crippen LogP contribution in [-0.2, 0) is 0 Å². The summed E-state index contributed by atoms with van der Waals surface area (Å²) >= 11 is 0. The van der Waals surface area contributed by atoms with E-state index in [1.807, 2.05) is 12.1 Å². The molecule has 1 aliphatic heterocycles. The molecule has 1 fully saturated rings. The van der Waals surface area contributed by atoms with E-state index in [0.29, 0.717) is 5.75 Å². The summed E-state index contributed by atoms with van der Waals surface area (Å²) in [5.41, 5.74) is 1.20. The van der Waals surface area contributed by atoms with Gasteiger partial charge in [-0.25, -0.2) is 0 Å². The average molecular weight is 210 g/mol. The fraction of sp³-hybridized carbons (Fsp3) is 0.400. The lowest BCUT2D eigenvalue weighted by Gasteiger charge is -2.33. The lowest BCUT2D eigenvalue weighted by atomic mass is 10.2. The summed E-state index contributed by atoms with van der Waals surface area (Å²) in [6, 6.07) is 7.41. The molecule has 1 heterocycles. The Bertz CT molecular complexity index is 293. The van der Waals surface area contributed by atoms with Crippen LogP contribution in [0.25, 0.3) is 0 Å². The quantitative estimate of drug-likeness (QED) is 0.708. The number of phenols is 1. The van der Waals surface area contributed by atoms with Crippen molar-refractivity contribution in [3.63, 3.8) is 0 Å². The van der Waals surface area contributed by atoms with Crippen molar-refractivity contribution < 1.29 is 5.11 Å². The van der Waals surface area contributed by atoms with Crippen molar-refractivity contribution in [2.45, 2.75) is 0 Å². The van der Waals surface area contributed by atoms with Gasteiger partial charge in [0, 0.05) is 31.9 Å². The number of aromatic hydroxyl groups is 1. The van der Waals surface area contributed by atoms with Gasteiger partial charge in [-0.1, -0.05) is 9.39 Å². The molecule has 1 aliphatic rings. The van der Waals surface area contributed by atoms with Crippen molar-refractivity contribution in [2.24, 2.45) is 0 Å². The molecule has 3 nitrogen and oxygen atoms in total. The highest BCUT2D eigenvalue weighted by Crippen LogP contribution is 2.20. The molecule has 14 heavy (non-hydrogen) atoms. The van der Waals surface area contributed by atoms with E-state index in [4.69, 9.17) is 5.11 Å². The van der Waals surface area contributed by atoms with Gasteiger partial charge in [-0.3, -0.25) is 4.67 Å². The summed E-state index contributed by atoms with van der Waals surface area (Å²) in [6.45, 7) is 4.25. The molecule has 0 radical (unpaired) electrons. The normalized spacial score (nSPS) is 18.5. The van der Waals surface area contributed by atoms with Crippen molar-refractivity contribution in [3.8, 4) is 5.75 Å². The second kappa shape index (κ2) is 4.16. The first kappa shape index (κ1) is 9.75. The van der Waals surface area contributed by atoms with Gasteiger partial charge >= 0.3 is 0 Å². The zero-order valence-electron chi connectivity index (χ0n) is 8.06. The molecule has 1 N–H and O–H groups in total. The highest BCUT2D eigenvalue weighted by atomic mass is 31.0. The van der Waals surface area contributed by atoms with Gasteiger partial charge in [-0.05, 0) is 24.3 Å². The van der Waals surface area contributed by atoms with Crippen molar-refractivity contribution in [2.75, 3.05) is 31.1 Å². The number of nitrogens with zero attached hydrogens (tertiary/aromatic N) is 2. The Morgan fingerprint density at radius 3 is 2.14 bits per heavy atom. The van der Waals surface area contributed by atoms with Crippen molar-refractivity contribution >= 4 is 15.1 Å². The van der Waals surface area contributed by atoms with Gasteiger partial charge in [0.1, 0.15) is 5.75 Å². The summed E-state index contributed by atoms with van der Waals surface area (Å²) in [7, 11) is 2.73. The van der Waals surface area contributed by atoms with Gasteiger partial charge in [0.25, 0.3) is 0 Å². The number of piperazine rings is 1. The molecule has 0 aliphatic carbocycles. The first-order valence-electron chi connectivity index (χ1n) is 4.79. The van der Waals surface area contributed by atoms with E-state index >= 15 is 0 Å². The molecule has 0 amide bonds. The third-order valence-corrected chi connectivity index (χ3v) is 3.05. The highest BCUT2D eigenvalue weighted by Gasteiger charge is 2.13. The molecule has 0 saturated carbocycles. The van der Waals surface area contributed by atoms with E-state index in [2.05, 4.69) is 19.0 Å². The van der Waals surface area contributed by atoms with Crippen LogP contribution in [0.2, 0.25) is 0 Å². The van der Waals surface area contributed by atoms with Crippen LogP contribution in [-0.4, -0.2) is 36.0 Å². The minimum Gasteiger partial charge on any atom is -0.508 e.